The third-order valence-corrected chi connectivity index (χ3v) is 25.3. The number of ether oxygens (including phenoxy) is 16. The molecule has 4 bridgehead atoms. The van der Waals surface area contributed by atoms with Gasteiger partial charge in [-0.3, -0.25) is 19.2 Å². The van der Waals surface area contributed by atoms with Gasteiger partial charge in [-0.25, -0.2) is 0 Å². The summed E-state index contributed by atoms with van der Waals surface area (Å²) in [5, 5.41) is 69.1. The van der Waals surface area contributed by atoms with Crippen molar-refractivity contribution in [2.75, 3.05) is 42.4 Å². The van der Waals surface area contributed by atoms with E-state index in [0.29, 0.717) is 25.7 Å². The van der Waals surface area contributed by atoms with E-state index < -0.39 is 216 Å². The molecule has 8 saturated heterocycles. The van der Waals surface area contributed by atoms with E-state index in [4.69, 9.17) is 75.8 Å². The summed E-state index contributed by atoms with van der Waals surface area (Å²) in [6.45, 7) is 39.3. The number of aliphatic hydroxyl groups is 6. The molecule has 0 aliphatic carbocycles. The Balaban J connectivity index is 0.000000298. The molecule has 8 aliphatic rings. The minimum atomic E-state index is -1.81. The average molecular weight is 1520 g/mol. The maximum absolute atomic E-state index is 14.6. The van der Waals surface area contributed by atoms with Crippen LogP contribution in [0.5, 0.6) is 0 Å². The molecule has 38 atom stereocenters. The van der Waals surface area contributed by atoms with E-state index in [1.807, 2.05) is 107 Å². The summed E-state index contributed by atoms with van der Waals surface area (Å²) in [6, 6.07) is -0.456. The number of aliphatic hydroxyl groups excluding tert-OH is 4. The number of carbonyl (C=O) groups is 4. The molecule has 0 radical (unpaired) electrons. The van der Waals surface area contributed by atoms with Crippen LogP contribution in [0, 0.1) is 47.3 Å². The highest BCUT2D eigenvalue weighted by molar-refractivity contribution is 5.74. The highest BCUT2D eigenvalue weighted by Gasteiger charge is 2.63. The molecule has 0 aromatic rings. The Morgan fingerprint density at radius 1 is 0.547 bits per heavy atom. The number of hydrogen-bond donors (Lipinski definition) is 6. The summed E-state index contributed by atoms with van der Waals surface area (Å²) in [5.74, 6) is -6.65. The lowest BCUT2D eigenvalue weighted by molar-refractivity contribution is -0.319. The van der Waals surface area contributed by atoms with Gasteiger partial charge < -0.3 is 116 Å². The Kier molecular flexibility index (Phi) is 30.3. The molecule has 0 aromatic heterocycles. The van der Waals surface area contributed by atoms with Gasteiger partial charge in [0.1, 0.15) is 53.4 Å². The van der Waals surface area contributed by atoms with Crippen molar-refractivity contribution < 1.29 is 126 Å². The van der Waals surface area contributed by atoms with Crippen molar-refractivity contribution in [2.45, 2.75) is 384 Å². The average Bonchev–Trinajstić information content (AvgIpc) is 1.59. The first-order valence-corrected chi connectivity index (χ1v) is 39.0. The second-order valence-corrected chi connectivity index (χ2v) is 34.7. The van der Waals surface area contributed by atoms with Crippen LogP contribution in [0.1, 0.15) is 204 Å². The fourth-order valence-corrected chi connectivity index (χ4v) is 19.2. The molecule has 28 nitrogen and oxygen atoms in total. The third-order valence-electron chi connectivity index (χ3n) is 25.3. The number of nitrogens with zero attached hydrogens (tertiary/aromatic N) is 2. The molecule has 0 aromatic carbocycles. The van der Waals surface area contributed by atoms with Crippen LogP contribution in [0.4, 0.5) is 0 Å². The molecular weight excluding hydrogens is 1380 g/mol. The van der Waals surface area contributed by atoms with Gasteiger partial charge in [0.25, 0.3) is 0 Å². The molecule has 6 N–H and O–H groups in total. The maximum atomic E-state index is 14.6. The van der Waals surface area contributed by atoms with Gasteiger partial charge in [-0.05, 0) is 162 Å². The van der Waals surface area contributed by atoms with Crippen molar-refractivity contribution in [3.63, 3.8) is 0 Å². The summed E-state index contributed by atoms with van der Waals surface area (Å²) in [7, 11) is 10.7. The van der Waals surface area contributed by atoms with Crippen LogP contribution in [-0.4, -0.2) is 287 Å². The van der Waals surface area contributed by atoms with Gasteiger partial charge in [0.15, 0.2) is 31.3 Å². The number of fused-ring (bicyclic) bond motifs is 4. The lowest BCUT2D eigenvalue weighted by Crippen LogP contribution is -2.60. The van der Waals surface area contributed by atoms with Crippen LogP contribution in [-0.2, 0) is 95.0 Å². The number of esters is 4. The summed E-state index contributed by atoms with van der Waals surface area (Å²) < 4.78 is 102. The van der Waals surface area contributed by atoms with Crippen LogP contribution in [0.15, 0.2) is 0 Å². The van der Waals surface area contributed by atoms with E-state index in [-0.39, 0.29) is 61.8 Å². The van der Waals surface area contributed by atoms with E-state index in [2.05, 4.69) is 6.92 Å². The molecule has 0 spiro atoms. The Labute approximate surface area is 631 Å². The number of carbonyl (C=O) groups excluding carboxylic acids is 4. The molecule has 8 rings (SSSR count). The number of hydrogen-bond acceptors (Lipinski definition) is 28. The Morgan fingerprint density at radius 3 is 1.31 bits per heavy atom. The van der Waals surface area contributed by atoms with E-state index in [1.54, 1.807) is 48.5 Å². The molecular formula is C78H138N2O26. The van der Waals surface area contributed by atoms with Crippen molar-refractivity contribution in [3.05, 3.63) is 0 Å². The first kappa shape index (κ1) is 90.3. The topological polar surface area (TPSA) is 344 Å². The predicted octanol–water partition coefficient (Wildman–Crippen LogP) is 6.39. The van der Waals surface area contributed by atoms with Gasteiger partial charge in [-0.15, -0.1) is 0 Å². The molecule has 28 heteroatoms. The summed E-state index contributed by atoms with van der Waals surface area (Å²) in [6.07, 6.45) is -14.8. The predicted molar refractivity (Wildman–Crippen MR) is 387 cm³/mol. The fourth-order valence-electron chi connectivity index (χ4n) is 19.2. The lowest BCUT2D eigenvalue weighted by atomic mass is 9.76. The normalized spacial score (nSPS) is 47.3. The van der Waals surface area contributed by atoms with Crippen molar-refractivity contribution >= 4 is 23.9 Å². The van der Waals surface area contributed by atoms with E-state index in [9.17, 15) is 49.8 Å². The standard InChI is InChI=1S/C41H71NO14.C37H67NO12/c1-16-29(51-26(8)43)41(12,47)35-22(4)32-20(2)18-40(11,56-32)34(55-38-31(45)28(42(13)14)17-21(3)49-38)23(5)33(24(6)37(46)54-35)53-30-19-39(10,48-15)36(25(7)50-30)52-27(9)44;1-14-25(39)37(10,43)32-20(4)28-18(2)16-36(9,50-28)31(49-34-27(40)24(38(11)12)15-19(3)45-34)21(5)29(22(6)33(42)48-32)47-26-17-35(8,44-13)30(41)23(7)46-26/h20-25,28-36,38,45,47H,16-19H2,1-15H3;18-32,34,39-41,43H,14-17H2,1-13H3/t20?,21?,22-,23-,24+,25?,28?,29+,30-,31?,32?,33-,34+,35+,36-,38-,39?,40-,41+;18?,19?,20-,21-,22+,23?,24?,25+,26-,27?,28?,29-,30-,31+,32+,34-,35?,36-,37+/m00/s1. The highest BCUT2D eigenvalue weighted by atomic mass is 16.7. The SMILES string of the molecule is CC[C@@H](O)[C@@](C)(O)[C@@H]1OC(=O)[C@H](C)[C@@H](O[C@H]2CC(C)(OC)[C@@H](O)C(C)O2)[C@H](C)[C@@H](O[C@@H]2OC(C)CC(N(C)C)C2O)[C@]2(C)CC(C)C(O2)[C@@H]1C.CC[C@@H](OC(C)=O)[C@@](C)(O)[C@@H]1OC(=O)[C@H](C)[C@@H](O[C@H]2CC(C)(OC)[C@@H](OC(C)=O)C(C)O2)[C@H](C)[C@@H](O[C@@H]2OC(C)CC(N(C)C)C2O)[C@]2(C)CC(C)C(O2)[C@@H]1C. The van der Waals surface area contributed by atoms with E-state index >= 15 is 0 Å². The molecule has 0 amide bonds. The molecule has 8 heterocycles. The molecule has 106 heavy (non-hydrogen) atoms. The summed E-state index contributed by atoms with van der Waals surface area (Å²) >= 11 is 0. The van der Waals surface area contributed by atoms with Crippen molar-refractivity contribution in [1.82, 2.24) is 9.80 Å². The minimum Gasteiger partial charge on any atom is -0.459 e. The number of methoxy groups -OCH3 is 2. The number of rotatable bonds is 20. The molecule has 0 saturated carbocycles. The number of likely N-dealkylation sites (N-methyl/N-ethyl adjacent to an activating group) is 2. The second kappa shape index (κ2) is 35.6. The van der Waals surface area contributed by atoms with Gasteiger partial charge >= 0.3 is 23.9 Å². The summed E-state index contributed by atoms with van der Waals surface area (Å²) in [4.78, 5) is 57.1. The molecule has 8 fully saturated rings. The Hall–Kier alpha value is -2.92. The number of cyclic esters (lactones) is 2. The Morgan fingerprint density at radius 2 is 0.943 bits per heavy atom. The van der Waals surface area contributed by atoms with Gasteiger partial charge in [0.05, 0.1) is 95.8 Å². The Bertz CT molecular complexity index is 2880. The van der Waals surface area contributed by atoms with Gasteiger partial charge in [0, 0.05) is 76.7 Å². The van der Waals surface area contributed by atoms with Crippen molar-refractivity contribution in [3.8, 4) is 0 Å². The van der Waals surface area contributed by atoms with Gasteiger partial charge in [-0.1, -0.05) is 55.4 Å². The van der Waals surface area contributed by atoms with Crippen molar-refractivity contribution in [1.29, 1.82) is 0 Å². The second-order valence-electron chi connectivity index (χ2n) is 34.7. The van der Waals surface area contributed by atoms with Crippen LogP contribution >= 0.6 is 0 Å². The first-order valence-electron chi connectivity index (χ1n) is 39.0. The highest BCUT2D eigenvalue weighted by Crippen LogP contribution is 2.52. The van der Waals surface area contributed by atoms with Crippen LogP contribution < -0.4 is 0 Å². The fraction of sp³-hybridized carbons (Fsp3) is 0.949. The monoisotopic (exact) mass is 1520 g/mol. The quantitative estimate of drug-likeness (QED) is 0.0568. The van der Waals surface area contributed by atoms with Gasteiger partial charge in [-0.2, -0.15) is 0 Å². The summed E-state index contributed by atoms with van der Waals surface area (Å²) in [5.41, 5.74) is -7.54. The van der Waals surface area contributed by atoms with Crippen LogP contribution in [0.25, 0.3) is 0 Å². The largest absolute Gasteiger partial charge is 0.459 e. The van der Waals surface area contributed by atoms with E-state index in [0.717, 1.165) is 0 Å². The van der Waals surface area contributed by atoms with Crippen molar-refractivity contribution in [2.24, 2.45) is 47.3 Å². The smallest absolute Gasteiger partial charge is 0.311 e. The first-order chi connectivity index (χ1) is 49.0. The van der Waals surface area contributed by atoms with Crippen LogP contribution in [0.2, 0.25) is 0 Å². The molecule has 616 valence electrons. The third kappa shape index (κ3) is 19.3. The van der Waals surface area contributed by atoms with E-state index in [1.165, 1.54) is 41.9 Å². The lowest BCUT2D eigenvalue weighted by Gasteiger charge is -2.49. The molecule has 8 aliphatic heterocycles. The van der Waals surface area contributed by atoms with Gasteiger partial charge in [0.2, 0.25) is 0 Å². The zero-order valence-electron chi connectivity index (χ0n) is 68.9. The maximum Gasteiger partial charge on any atom is 0.311 e. The molecule has 14 unspecified atom stereocenters. The zero-order chi connectivity index (χ0) is 79.9. The minimum absolute atomic E-state index is 0.0580. The van der Waals surface area contributed by atoms with Crippen LogP contribution in [0.3, 0.4) is 0 Å². The zero-order valence-corrected chi connectivity index (χ0v) is 68.9.